The van der Waals surface area contributed by atoms with E-state index in [9.17, 15) is 4.79 Å². The van der Waals surface area contributed by atoms with Crippen LogP contribution in [-0.2, 0) is 24.5 Å². The van der Waals surface area contributed by atoms with Crippen molar-refractivity contribution in [1.82, 2.24) is 19.5 Å². The van der Waals surface area contributed by atoms with Crippen LogP contribution >= 0.6 is 0 Å². The van der Waals surface area contributed by atoms with Gasteiger partial charge in [0.25, 0.3) is 5.91 Å². The quantitative estimate of drug-likeness (QED) is 0.596. The number of anilines is 1. The van der Waals surface area contributed by atoms with Crippen LogP contribution in [0.5, 0.6) is 0 Å². The third-order valence-corrected chi connectivity index (χ3v) is 4.77. The molecule has 28 heavy (non-hydrogen) atoms. The fourth-order valence-electron chi connectivity index (χ4n) is 3.33. The number of carbonyl (C=O) groups is 1. The Balaban J connectivity index is 1.37. The Kier molecular flexibility index (Phi) is 4.06. The number of benzene rings is 1. The summed E-state index contributed by atoms with van der Waals surface area (Å²) in [5, 5.41) is 2.92. The van der Waals surface area contributed by atoms with E-state index in [-0.39, 0.29) is 5.91 Å². The van der Waals surface area contributed by atoms with Crippen LogP contribution in [0.3, 0.4) is 0 Å². The second kappa shape index (κ2) is 6.86. The maximum atomic E-state index is 12.6. The number of imidazole rings is 1. The highest BCUT2D eigenvalue weighted by Crippen LogP contribution is 2.23. The van der Waals surface area contributed by atoms with E-state index in [1.807, 2.05) is 41.1 Å². The first-order valence-corrected chi connectivity index (χ1v) is 8.97. The smallest absolute Gasteiger partial charge is 0.257 e. The van der Waals surface area contributed by atoms with Crippen LogP contribution in [0.1, 0.15) is 27.0 Å². The number of aromatic nitrogens is 4. The average molecular weight is 371 g/mol. The monoisotopic (exact) mass is 371 g/mol. The molecule has 0 aliphatic carbocycles. The maximum absolute atomic E-state index is 12.6. The summed E-state index contributed by atoms with van der Waals surface area (Å²) in [6.07, 6.45) is 6.87. The average Bonchev–Trinajstić information content (AvgIpc) is 3.35. The standard InChI is InChI=1S/C21H17N5O2/c27-21(25-18-4-3-15-11-28-12-17(15)6-18)16-7-19-20(23-9-16)26(13-24-19)10-14-2-1-5-22-8-14/h1-9,13H,10-12H2,(H,25,27). The zero-order valence-electron chi connectivity index (χ0n) is 15.0. The third kappa shape index (κ3) is 3.12. The van der Waals surface area contributed by atoms with Crippen molar-refractivity contribution in [2.75, 3.05) is 5.32 Å². The van der Waals surface area contributed by atoms with E-state index in [0.29, 0.717) is 30.8 Å². The molecule has 0 fully saturated rings. The molecular formula is C21H17N5O2. The largest absolute Gasteiger partial charge is 0.372 e. The molecule has 4 heterocycles. The van der Waals surface area contributed by atoms with Gasteiger partial charge in [0, 0.05) is 24.3 Å². The van der Waals surface area contributed by atoms with Crippen LogP contribution < -0.4 is 5.32 Å². The molecule has 5 rings (SSSR count). The van der Waals surface area contributed by atoms with Crippen molar-refractivity contribution in [1.29, 1.82) is 0 Å². The lowest BCUT2D eigenvalue weighted by atomic mass is 10.1. The SMILES string of the molecule is O=C(Nc1ccc2c(c1)COC2)c1cnc2c(c1)ncn2Cc1cccnc1. The van der Waals surface area contributed by atoms with Gasteiger partial charge in [-0.05, 0) is 41.0 Å². The summed E-state index contributed by atoms with van der Waals surface area (Å²) in [5.74, 6) is -0.213. The van der Waals surface area contributed by atoms with Gasteiger partial charge in [-0.2, -0.15) is 0 Å². The number of nitrogens with zero attached hydrogens (tertiary/aromatic N) is 4. The van der Waals surface area contributed by atoms with Gasteiger partial charge < -0.3 is 14.6 Å². The number of ether oxygens (including phenoxy) is 1. The molecule has 3 aromatic heterocycles. The Bertz CT molecular complexity index is 1170. The number of hydrogen-bond acceptors (Lipinski definition) is 5. The number of carbonyl (C=O) groups excluding carboxylic acids is 1. The first-order chi connectivity index (χ1) is 13.8. The molecule has 1 N–H and O–H groups in total. The Hall–Kier alpha value is -3.58. The van der Waals surface area contributed by atoms with E-state index in [1.54, 1.807) is 24.8 Å². The fraction of sp³-hybridized carbons (Fsp3) is 0.143. The number of pyridine rings is 2. The molecule has 0 saturated heterocycles. The van der Waals surface area contributed by atoms with Crippen molar-refractivity contribution in [3.05, 3.63) is 83.6 Å². The fourth-order valence-corrected chi connectivity index (χ4v) is 3.33. The summed E-state index contributed by atoms with van der Waals surface area (Å²) >= 11 is 0. The van der Waals surface area contributed by atoms with E-state index in [2.05, 4.69) is 20.3 Å². The van der Waals surface area contributed by atoms with Gasteiger partial charge in [0.05, 0.1) is 31.6 Å². The van der Waals surface area contributed by atoms with Crippen molar-refractivity contribution in [3.8, 4) is 0 Å². The van der Waals surface area contributed by atoms with Crippen LogP contribution in [0.2, 0.25) is 0 Å². The van der Waals surface area contributed by atoms with E-state index in [4.69, 9.17) is 4.74 Å². The predicted octanol–water partition coefficient (Wildman–Crippen LogP) is 3.16. The molecule has 1 amide bonds. The molecule has 0 radical (unpaired) electrons. The van der Waals surface area contributed by atoms with Crippen molar-refractivity contribution < 1.29 is 9.53 Å². The number of nitrogens with one attached hydrogen (secondary N) is 1. The molecule has 1 aliphatic rings. The van der Waals surface area contributed by atoms with E-state index >= 15 is 0 Å². The highest BCUT2D eigenvalue weighted by Gasteiger charge is 2.14. The van der Waals surface area contributed by atoms with Gasteiger partial charge in [0.15, 0.2) is 5.65 Å². The third-order valence-electron chi connectivity index (χ3n) is 4.77. The van der Waals surface area contributed by atoms with Gasteiger partial charge in [-0.3, -0.25) is 9.78 Å². The van der Waals surface area contributed by atoms with E-state index < -0.39 is 0 Å². The molecule has 7 nitrogen and oxygen atoms in total. The molecule has 1 aromatic carbocycles. The van der Waals surface area contributed by atoms with Crippen molar-refractivity contribution in [3.63, 3.8) is 0 Å². The van der Waals surface area contributed by atoms with Gasteiger partial charge in [-0.25, -0.2) is 9.97 Å². The minimum Gasteiger partial charge on any atom is -0.372 e. The van der Waals surface area contributed by atoms with Crippen molar-refractivity contribution in [2.24, 2.45) is 0 Å². The van der Waals surface area contributed by atoms with Crippen LogP contribution in [0, 0.1) is 0 Å². The topological polar surface area (TPSA) is 81.9 Å². The summed E-state index contributed by atoms with van der Waals surface area (Å²) in [6.45, 7) is 1.84. The number of fused-ring (bicyclic) bond motifs is 2. The molecular weight excluding hydrogens is 354 g/mol. The van der Waals surface area contributed by atoms with E-state index in [1.165, 1.54) is 5.56 Å². The van der Waals surface area contributed by atoms with Gasteiger partial charge in [0.1, 0.15) is 5.52 Å². The zero-order chi connectivity index (χ0) is 18.9. The lowest BCUT2D eigenvalue weighted by Gasteiger charge is -2.07. The number of amides is 1. The lowest BCUT2D eigenvalue weighted by molar-refractivity contribution is 0.102. The van der Waals surface area contributed by atoms with Crippen LogP contribution in [0.25, 0.3) is 11.2 Å². The Morgan fingerprint density at radius 1 is 1.11 bits per heavy atom. The Morgan fingerprint density at radius 2 is 2.04 bits per heavy atom. The summed E-state index contributed by atoms with van der Waals surface area (Å²) in [4.78, 5) is 25.6. The summed E-state index contributed by atoms with van der Waals surface area (Å²) in [7, 11) is 0. The van der Waals surface area contributed by atoms with Gasteiger partial charge in [-0.1, -0.05) is 12.1 Å². The normalized spacial score (nSPS) is 12.9. The molecule has 7 heteroatoms. The Labute approximate surface area is 161 Å². The van der Waals surface area contributed by atoms with Crippen molar-refractivity contribution >= 4 is 22.8 Å². The second-order valence-electron chi connectivity index (χ2n) is 6.73. The predicted molar refractivity (Wildman–Crippen MR) is 104 cm³/mol. The lowest BCUT2D eigenvalue weighted by Crippen LogP contribution is -2.12. The summed E-state index contributed by atoms with van der Waals surface area (Å²) < 4.78 is 7.35. The molecule has 0 saturated carbocycles. The minimum atomic E-state index is -0.213. The minimum absolute atomic E-state index is 0.213. The molecule has 4 aromatic rings. The van der Waals surface area contributed by atoms with Gasteiger partial charge >= 0.3 is 0 Å². The van der Waals surface area contributed by atoms with Crippen LogP contribution in [-0.4, -0.2) is 25.4 Å². The molecule has 0 spiro atoms. The highest BCUT2D eigenvalue weighted by atomic mass is 16.5. The van der Waals surface area contributed by atoms with Crippen LogP contribution in [0.15, 0.2) is 61.3 Å². The maximum Gasteiger partial charge on any atom is 0.257 e. The number of rotatable bonds is 4. The summed E-state index contributed by atoms with van der Waals surface area (Å²) in [5.41, 5.74) is 5.97. The highest BCUT2D eigenvalue weighted by molar-refractivity contribution is 6.05. The van der Waals surface area contributed by atoms with Gasteiger partial charge in [-0.15, -0.1) is 0 Å². The van der Waals surface area contributed by atoms with Crippen LogP contribution in [0.4, 0.5) is 5.69 Å². The zero-order valence-corrected chi connectivity index (χ0v) is 15.0. The van der Waals surface area contributed by atoms with E-state index in [0.717, 1.165) is 22.5 Å². The molecule has 0 bridgehead atoms. The molecule has 0 unspecified atom stereocenters. The first-order valence-electron chi connectivity index (χ1n) is 8.97. The van der Waals surface area contributed by atoms with Crippen molar-refractivity contribution in [2.45, 2.75) is 19.8 Å². The molecule has 138 valence electrons. The molecule has 0 atom stereocenters. The number of hydrogen-bond donors (Lipinski definition) is 1. The van der Waals surface area contributed by atoms with Gasteiger partial charge in [0.2, 0.25) is 0 Å². The summed E-state index contributed by atoms with van der Waals surface area (Å²) in [6, 6.07) is 11.5. The second-order valence-corrected chi connectivity index (χ2v) is 6.73. The first kappa shape index (κ1) is 16.6. The Morgan fingerprint density at radius 3 is 2.93 bits per heavy atom. The molecule has 1 aliphatic heterocycles.